The maximum absolute atomic E-state index is 5.89. The smallest absolute Gasteiger partial charge is 0.0626 e. The molecule has 0 aromatic heterocycles. The van der Waals surface area contributed by atoms with Crippen LogP contribution < -0.4 is 11.1 Å². The summed E-state index contributed by atoms with van der Waals surface area (Å²) in [5.41, 5.74) is 5.89. The molecule has 3 N–H and O–H groups in total. The monoisotopic (exact) mass is 198 g/mol. The first-order valence-electron chi connectivity index (χ1n) is 5.79. The fourth-order valence-electron chi connectivity index (χ4n) is 2.19. The standard InChI is InChI=1S/C11H22N2O/c1-14-7-10(12)6-13-11(8-2-3-8)9-4-5-9/h8-11,13H,2-7,12H2,1H3. The van der Waals surface area contributed by atoms with Crippen molar-refractivity contribution < 1.29 is 4.74 Å². The van der Waals surface area contributed by atoms with E-state index in [0.717, 1.165) is 24.4 Å². The van der Waals surface area contributed by atoms with Gasteiger partial charge in [0, 0.05) is 25.7 Å². The zero-order valence-electron chi connectivity index (χ0n) is 9.04. The Labute approximate surface area is 86.4 Å². The van der Waals surface area contributed by atoms with Crippen LogP contribution >= 0.6 is 0 Å². The SMILES string of the molecule is COCC(N)CNC(C1CC1)C1CC1. The molecule has 0 heterocycles. The van der Waals surface area contributed by atoms with Crippen molar-refractivity contribution in [3.05, 3.63) is 0 Å². The molecule has 0 bridgehead atoms. The van der Waals surface area contributed by atoms with E-state index >= 15 is 0 Å². The normalized spacial score (nSPS) is 24.2. The first-order valence-corrected chi connectivity index (χ1v) is 5.79. The van der Waals surface area contributed by atoms with Gasteiger partial charge in [-0.25, -0.2) is 0 Å². The van der Waals surface area contributed by atoms with Crippen LogP contribution in [0.3, 0.4) is 0 Å². The molecule has 0 saturated heterocycles. The molecular weight excluding hydrogens is 176 g/mol. The quantitative estimate of drug-likeness (QED) is 0.634. The van der Waals surface area contributed by atoms with Gasteiger partial charge in [-0.3, -0.25) is 0 Å². The minimum Gasteiger partial charge on any atom is -0.383 e. The molecule has 0 aromatic carbocycles. The van der Waals surface area contributed by atoms with Crippen LogP contribution in [-0.4, -0.2) is 32.3 Å². The fraction of sp³-hybridized carbons (Fsp3) is 1.00. The highest BCUT2D eigenvalue weighted by Crippen LogP contribution is 2.44. The summed E-state index contributed by atoms with van der Waals surface area (Å²) < 4.78 is 5.02. The Morgan fingerprint density at radius 3 is 2.29 bits per heavy atom. The van der Waals surface area contributed by atoms with Gasteiger partial charge in [-0.2, -0.15) is 0 Å². The van der Waals surface area contributed by atoms with Crippen molar-refractivity contribution in [3.63, 3.8) is 0 Å². The lowest BCUT2D eigenvalue weighted by Gasteiger charge is -2.20. The van der Waals surface area contributed by atoms with E-state index in [1.807, 2.05) is 0 Å². The second-order valence-corrected chi connectivity index (χ2v) is 4.82. The summed E-state index contributed by atoms with van der Waals surface area (Å²) in [5, 5.41) is 3.62. The van der Waals surface area contributed by atoms with Gasteiger partial charge in [-0.1, -0.05) is 0 Å². The lowest BCUT2D eigenvalue weighted by molar-refractivity contribution is 0.176. The van der Waals surface area contributed by atoms with Crippen molar-refractivity contribution in [1.29, 1.82) is 0 Å². The van der Waals surface area contributed by atoms with Crippen LogP contribution in [0.1, 0.15) is 25.7 Å². The molecule has 2 aliphatic rings. The molecule has 1 unspecified atom stereocenters. The Kier molecular flexibility index (Phi) is 3.42. The van der Waals surface area contributed by atoms with Gasteiger partial charge in [0.1, 0.15) is 0 Å². The molecule has 3 nitrogen and oxygen atoms in total. The van der Waals surface area contributed by atoms with E-state index in [1.54, 1.807) is 7.11 Å². The highest BCUT2D eigenvalue weighted by Gasteiger charge is 2.41. The van der Waals surface area contributed by atoms with Crippen molar-refractivity contribution in [2.24, 2.45) is 17.6 Å². The molecule has 2 fully saturated rings. The maximum atomic E-state index is 5.89. The Balaban J connectivity index is 1.66. The summed E-state index contributed by atoms with van der Waals surface area (Å²) in [7, 11) is 1.71. The first-order chi connectivity index (χ1) is 6.81. The van der Waals surface area contributed by atoms with E-state index in [1.165, 1.54) is 25.7 Å². The van der Waals surface area contributed by atoms with E-state index in [-0.39, 0.29) is 6.04 Å². The average Bonchev–Trinajstić information content (AvgIpc) is 3.01. The van der Waals surface area contributed by atoms with E-state index in [2.05, 4.69) is 5.32 Å². The number of rotatable bonds is 7. The zero-order valence-corrected chi connectivity index (χ0v) is 9.04. The third kappa shape index (κ3) is 2.94. The van der Waals surface area contributed by atoms with Gasteiger partial charge in [0.15, 0.2) is 0 Å². The summed E-state index contributed by atoms with van der Waals surface area (Å²) in [4.78, 5) is 0. The minimum atomic E-state index is 0.153. The van der Waals surface area contributed by atoms with Crippen LogP contribution in [0.4, 0.5) is 0 Å². The molecule has 2 aliphatic carbocycles. The summed E-state index contributed by atoms with van der Waals surface area (Å²) in [6.07, 6.45) is 5.70. The zero-order chi connectivity index (χ0) is 9.97. The molecule has 0 amide bonds. The lowest BCUT2D eigenvalue weighted by Crippen LogP contribution is -2.43. The molecule has 0 aromatic rings. The van der Waals surface area contributed by atoms with Crippen molar-refractivity contribution >= 4 is 0 Å². The highest BCUT2D eigenvalue weighted by atomic mass is 16.5. The topological polar surface area (TPSA) is 47.3 Å². The van der Waals surface area contributed by atoms with Crippen LogP contribution in [0, 0.1) is 11.8 Å². The van der Waals surface area contributed by atoms with Crippen molar-refractivity contribution in [2.75, 3.05) is 20.3 Å². The summed E-state index contributed by atoms with van der Waals surface area (Å²) >= 11 is 0. The van der Waals surface area contributed by atoms with E-state index in [4.69, 9.17) is 10.5 Å². The summed E-state index contributed by atoms with van der Waals surface area (Å²) in [6.45, 7) is 1.57. The largest absolute Gasteiger partial charge is 0.383 e. The Hall–Kier alpha value is -0.120. The number of methoxy groups -OCH3 is 1. The lowest BCUT2D eigenvalue weighted by atomic mass is 10.1. The number of ether oxygens (including phenoxy) is 1. The Morgan fingerprint density at radius 1 is 1.29 bits per heavy atom. The molecule has 82 valence electrons. The van der Waals surface area contributed by atoms with Crippen LogP contribution in [0.5, 0.6) is 0 Å². The summed E-state index contributed by atoms with van der Waals surface area (Å²) in [5.74, 6) is 1.91. The summed E-state index contributed by atoms with van der Waals surface area (Å²) in [6, 6.07) is 0.915. The van der Waals surface area contributed by atoms with E-state index in [9.17, 15) is 0 Å². The van der Waals surface area contributed by atoms with Gasteiger partial charge in [-0.15, -0.1) is 0 Å². The molecule has 2 rings (SSSR count). The molecular formula is C11H22N2O. The highest BCUT2D eigenvalue weighted by molar-refractivity contribution is 4.96. The van der Waals surface area contributed by atoms with E-state index in [0.29, 0.717) is 6.61 Å². The molecule has 14 heavy (non-hydrogen) atoms. The van der Waals surface area contributed by atoms with Gasteiger partial charge in [0.05, 0.1) is 6.61 Å². The third-order valence-corrected chi connectivity index (χ3v) is 3.26. The van der Waals surface area contributed by atoms with Gasteiger partial charge < -0.3 is 15.8 Å². The van der Waals surface area contributed by atoms with Gasteiger partial charge in [-0.05, 0) is 37.5 Å². The average molecular weight is 198 g/mol. The van der Waals surface area contributed by atoms with Crippen LogP contribution in [0.15, 0.2) is 0 Å². The third-order valence-electron chi connectivity index (χ3n) is 3.26. The predicted octanol–water partition coefficient (Wildman–Crippen LogP) is 0.738. The Morgan fingerprint density at radius 2 is 1.86 bits per heavy atom. The van der Waals surface area contributed by atoms with Gasteiger partial charge >= 0.3 is 0 Å². The number of nitrogens with two attached hydrogens (primary N) is 1. The van der Waals surface area contributed by atoms with Crippen LogP contribution in [-0.2, 0) is 4.74 Å². The van der Waals surface area contributed by atoms with Crippen LogP contribution in [0.25, 0.3) is 0 Å². The van der Waals surface area contributed by atoms with Crippen molar-refractivity contribution in [2.45, 2.75) is 37.8 Å². The Bertz CT molecular complexity index is 166. The van der Waals surface area contributed by atoms with Gasteiger partial charge in [0.2, 0.25) is 0 Å². The van der Waals surface area contributed by atoms with Crippen LogP contribution in [0.2, 0.25) is 0 Å². The molecule has 1 atom stereocenters. The number of hydrogen-bond acceptors (Lipinski definition) is 3. The molecule has 3 heteroatoms. The second kappa shape index (κ2) is 4.60. The van der Waals surface area contributed by atoms with Gasteiger partial charge in [0.25, 0.3) is 0 Å². The minimum absolute atomic E-state index is 0.153. The number of nitrogens with one attached hydrogen (secondary N) is 1. The second-order valence-electron chi connectivity index (χ2n) is 4.82. The van der Waals surface area contributed by atoms with Crippen molar-refractivity contribution in [3.8, 4) is 0 Å². The van der Waals surface area contributed by atoms with E-state index < -0.39 is 0 Å². The fourth-order valence-corrected chi connectivity index (χ4v) is 2.19. The molecule has 0 radical (unpaired) electrons. The molecule has 0 aliphatic heterocycles. The molecule has 2 saturated carbocycles. The number of hydrogen-bond donors (Lipinski definition) is 2. The van der Waals surface area contributed by atoms with Crippen molar-refractivity contribution in [1.82, 2.24) is 5.32 Å². The maximum Gasteiger partial charge on any atom is 0.0626 e. The molecule has 0 spiro atoms. The predicted molar refractivity (Wildman–Crippen MR) is 57.1 cm³/mol. The first kappa shape index (κ1) is 10.4.